The number of carboxylic acids is 1. The summed E-state index contributed by atoms with van der Waals surface area (Å²) in [7, 11) is 0. The molecule has 1 aromatic heterocycles. The zero-order valence-corrected chi connectivity index (χ0v) is 14.7. The Morgan fingerprint density at radius 2 is 2.07 bits per heavy atom. The SMILES string of the molecule is O=C(O)c1cccc(Nc2nc(NC[C@@H]3CCCO3)c3ccccc3n2)c1. The Balaban J connectivity index is 1.62. The Bertz CT molecular complexity index is 970. The van der Waals surface area contributed by atoms with Crippen molar-refractivity contribution in [3.63, 3.8) is 0 Å². The summed E-state index contributed by atoms with van der Waals surface area (Å²) in [5.41, 5.74) is 1.63. The van der Waals surface area contributed by atoms with Crippen molar-refractivity contribution in [2.24, 2.45) is 0 Å². The molecule has 0 aliphatic carbocycles. The third-order valence-corrected chi connectivity index (χ3v) is 4.49. The van der Waals surface area contributed by atoms with E-state index in [1.807, 2.05) is 24.3 Å². The number of benzene rings is 2. The zero-order valence-electron chi connectivity index (χ0n) is 14.7. The number of rotatable bonds is 6. The fourth-order valence-corrected chi connectivity index (χ4v) is 3.14. The monoisotopic (exact) mass is 364 g/mol. The highest BCUT2D eigenvalue weighted by Gasteiger charge is 2.16. The molecular formula is C20H20N4O3. The summed E-state index contributed by atoms with van der Waals surface area (Å²) in [6, 6.07) is 14.3. The molecule has 138 valence electrons. The summed E-state index contributed by atoms with van der Waals surface area (Å²) in [4.78, 5) is 20.3. The van der Waals surface area contributed by atoms with Crippen molar-refractivity contribution in [1.82, 2.24) is 9.97 Å². The maximum atomic E-state index is 11.2. The highest BCUT2D eigenvalue weighted by Crippen LogP contribution is 2.24. The molecule has 3 N–H and O–H groups in total. The maximum absolute atomic E-state index is 11.2. The molecule has 1 aliphatic rings. The number of hydrogen-bond donors (Lipinski definition) is 3. The van der Waals surface area contributed by atoms with Crippen LogP contribution in [0.25, 0.3) is 10.9 Å². The molecule has 1 fully saturated rings. The predicted octanol–water partition coefficient (Wildman–Crippen LogP) is 3.66. The molecular weight excluding hydrogens is 344 g/mol. The zero-order chi connectivity index (χ0) is 18.6. The van der Waals surface area contributed by atoms with Gasteiger partial charge in [-0.3, -0.25) is 0 Å². The van der Waals surface area contributed by atoms with E-state index in [1.54, 1.807) is 24.3 Å². The second-order valence-corrected chi connectivity index (χ2v) is 6.44. The first-order valence-electron chi connectivity index (χ1n) is 8.92. The molecule has 1 saturated heterocycles. The van der Waals surface area contributed by atoms with E-state index in [0.717, 1.165) is 36.2 Å². The largest absolute Gasteiger partial charge is 0.478 e. The number of nitrogens with zero attached hydrogens (tertiary/aromatic N) is 2. The third-order valence-electron chi connectivity index (χ3n) is 4.49. The Kier molecular flexibility index (Phi) is 4.84. The van der Waals surface area contributed by atoms with Crippen LogP contribution in [0.3, 0.4) is 0 Å². The minimum Gasteiger partial charge on any atom is -0.478 e. The molecule has 0 amide bonds. The number of fused-ring (bicyclic) bond motifs is 1. The minimum absolute atomic E-state index is 0.197. The summed E-state index contributed by atoms with van der Waals surface area (Å²) in [6.07, 6.45) is 2.33. The normalized spacial score (nSPS) is 16.4. The van der Waals surface area contributed by atoms with Crippen molar-refractivity contribution < 1.29 is 14.6 Å². The molecule has 27 heavy (non-hydrogen) atoms. The van der Waals surface area contributed by atoms with Crippen LogP contribution in [-0.4, -0.2) is 40.3 Å². The van der Waals surface area contributed by atoms with Crippen LogP contribution >= 0.6 is 0 Å². The summed E-state index contributed by atoms with van der Waals surface area (Å²) in [5, 5.41) is 16.6. The van der Waals surface area contributed by atoms with Gasteiger partial charge in [0.25, 0.3) is 0 Å². The molecule has 0 spiro atoms. The van der Waals surface area contributed by atoms with E-state index in [4.69, 9.17) is 9.84 Å². The standard InChI is InChI=1S/C20H20N4O3/c25-19(26)13-5-3-6-14(11-13)22-20-23-17-9-2-1-8-16(17)18(24-20)21-12-15-7-4-10-27-15/h1-3,5-6,8-9,11,15H,4,7,10,12H2,(H,25,26)(H2,21,22,23,24)/t15-/m0/s1. The van der Waals surface area contributed by atoms with Gasteiger partial charge in [0.15, 0.2) is 0 Å². The molecule has 2 aromatic carbocycles. The van der Waals surface area contributed by atoms with Crippen molar-refractivity contribution in [1.29, 1.82) is 0 Å². The molecule has 1 atom stereocenters. The van der Waals surface area contributed by atoms with Crippen molar-refractivity contribution in [3.8, 4) is 0 Å². The van der Waals surface area contributed by atoms with Crippen LogP contribution in [0, 0.1) is 0 Å². The first-order valence-corrected chi connectivity index (χ1v) is 8.92. The molecule has 3 aromatic rings. The Hall–Kier alpha value is -3.19. The molecule has 0 saturated carbocycles. The van der Waals surface area contributed by atoms with E-state index in [0.29, 0.717) is 18.2 Å². The summed E-state index contributed by atoms with van der Waals surface area (Å²) < 4.78 is 5.67. The van der Waals surface area contributed by atoms with Gasteiger partial charge in [0.2, 0.25) is 5.95 Å². The summed E-state index contributed by atoms with van der Waals surface area (Å²) in [5.74, 6) is 0.163. The van der Waals surface area contributed by atoms with Crippen LogP contribution in [0.15, 0.2) is 48.5 Å². The number of carboxylic acid groups (broad SMARTS) is 1. The van der Waals surface area contributed by atoms with Gasteiger partial charge < -0.3 is 20.5 Å². The van der Waals surface area contributed by atoms with Gasteiger partial charge in [-0.2, -0.15) is 4.98 Å². The Morgan fingerprint density at radius 1 is 1.19 bits per heavy atom. The third kappa shape index (κ3) is 3.98. The van der Waals surface area contributed by atoms with E-state index in [1.165, 1.54) is 0 Å². The van der Waals surface area contributed by atoms with Gasteiger partial charge in [-0.15, -0.1) is 0 Å². The number of ether oxygens (including phenoxy) is 1. The second kappa shape index (κ2) is 7.59. The first-order chi connectivity index (χ1) is 13.2. The number of anilines is 3. The topological polar surface area (TPSA) is 96.4 Å². The lowest BCUT2D eigenvalue weighted by molar-refractivity contribution is 0.0697. The van der Waals surface area contributed by atoms with E-state index in [2.05, 4.69) is 20.6 Å². The minimum atomic E-state index is -0.975. The van der Waals surface area contributed by atoms with Crippen molar-refractivity contribution in [2.75, 3.05) is 23.8 Å². The van der Waals surface area contributed by atoms with Crippen LogP contribution in [0.1, 0.15) is 23.2 Å². The quantitative estimate of drug-likeness (QED) is 0.614. The summed E-state index contributed by atoms with van der Waals surface area (Å²) >= 11 is 0. The Morgan fingerprint density at radius 3 is 2.89 bits per heavy atom. The van der Waals surface area contributed by atoms with Gasteiger partial charge in [0.05, 0.1) is 17.2 Å². The van der Waals surface area contributed by atoms with E-state index >= 15 is 0 Å². The van der Waals surface area contributed by atoms with Gasteiger partial charge in [-0.1, -0.05) is 18.2 Å². The molecule has 0 unspecified atom stereocenters. The molecule has 0 bridgehead atoms. The van der Waals surface area contributed by atoms with Crippen LogP contribution < -0.4 is 10.6 Å². The number of aromatic nitrogens is 2. The number of nitrogens with one attached hydrogen (secondary N) is 2. The smallest absolute Gasteiger partial charge is 0.335 e. The van der Waals surface area contributed by atoms with Gasteiger partial charge in [0, 0.05) is 24.2 Å². The lowest BCUT2D eigenvalue weighted by Gasteiger charge is -2.14. The summed E-state index contributed by atoms with van der Waals surface area (Å²) in [6.45, 7) is 1.50. The number of aromatic carboxylic acids is 1. The van der Waals surface area contributed by atoms with Gasteiger partial charge in [-0.25, -0.2) is 9.78 Å². The van der Waals surface area contributed by atoms with Crippen LogP contribution in [0.5, 0.6) is 0 Å². The lowest BCUT2D eigenvalue weighted by Crippen LogP contribution is -2.19. The molecule has 1 aliphatic heterocycles. The Labute approximate surface area is 156 Å². The number of carbonyl (C=O) groups is 1. The van der Waals surface area contributed by atoms with E-state index < -0.39 is 5.97 Å². The molecule has 0 radical (unpaired) electrons. The molecule has 4 rings (SSSR count). The van der Waals surface area contributed by atoms with Crippen molar-refractivity contribution >= 4 is 34.3 Å². The number of hydrogen-bond acceptors (Lipinski definition) is 6. The van der Waals surface area contributed by atoms with E-state index in [9.17, 15) is 4.79 Å². The van der Waals surface area contributed by atoms with Crippen LogP contribution in [0.2, 0.25) is 0 Å². The molecule has 7 nitrogen and oxygen atoms in total. The molecule has 7 heteroatoms. The van der Waals surface area contributed by atoms with Crippen LogP contribution in [0.4, 0.5) is 17.5 Å². The average Bonchev–Trinajstić information content (AvgIpc) is 3.20. The van der Waals surface area contributed by atoms with Crippen LogP contribution in [-0.2, 0) is 4.74 Å². The van der Waals surface area contributed by atoms with Crippen molar-refractivity contribution in [2.45, 2.75) is 18.9 Å². The highest BCUT2D eigenvalue weighted by atomic mass is 16.5. The second-order valence-electron chi connectivity index (χ2n) is 6.44. The highest BCUT2D eigenvalue weighted by molar-refractivity contribution is 5.91. The first kappa shape index (κ1) is 17.2. The molecule has 2 heterocycles. The number of para-hydroxylation sites is 1. The van der Waals surface area contributed by atoms with Gasteiger partial charge in [-0.05, 0) is 43.2 Å². The lowest BCUT2D eigenvalue weighted by atomic mass is 10.2. The van der Waals surface area contributed by atoms with Gasteiger partial charge in [0.1, 0.15) is 5.82 Å². The van der Waals surface area contributed by atoms with Crippen molar-refractivity contribution in [3.05, 3.63) is 54.1 Å². The average molecular weight is 364 g/mol. The predicted molar refractivity (Wildman–Crippen MR) is 104 cm³/mol. The van der Waals surface area contributed by atoms with Gasteiger partial charge >= 0.3 is 5.97 Å². The fourth-order valence-electron chi connectivity index (χ4n) is 3.14. The maximum Gasteiger partial charge on any atom is 0.335 e. The fraction of sp³-hybridized carbons (Fsp3) is 0.250. The van der Waals surface area contributed by atoms with E-state index in [-0.39, 0.29) is 11.7 Å².